The second-order valence-electron chi connectivity index (χ2n) is 3.28. The molecule has 1 aliphatic rings. The summed E-state index contributed by atoms with van der Waals surface area (Å²) < 4.78 is 26.0. The fourth-order valence-electron chi connectivity index (χ4n) is 1.49. The van der Waals surface area contributed by atoms with Crippen LogP contribution in [-0.4, -0.2) is 5.91 Å². The Bertz CT molecular complexity index is 477. The highest BCUT2D eigenvalue weighted by atomic mass is 19.3. The van der Waals surface area contributed by atoms with Crippen LogP contribution in [0.1, 0.15) is 11.1 Å². The molecular formula is C10H6F2N2O. The second-order valence-corrected chi connectivity index (χ2v) is 3.28. The number of rotatable bonds is 1. The summed E-state index contributed by atoms with van der Waals surface area (Å²) in [6, 6.07) is 4.65. The summed E-state index contributed by atoms with van der Waals surface area (Å²) in [5.74, 6) is -3.72. The van der Waals surface area contributed by atoms with Gasteiger partial charge < -0.3 is 5.32 Å². The van der Waals surface area contributed by atoms with Crippen LogP contribution >= 0.6 is 0 Å². The van der Waals surface area contributed by atoms with Crippen molar-refractivity contribution in [2.24, 2.45) is 0 Å². The van der Waals surface area contributed by atoms with Crippen molar-refractivity contribution in [1.29, 1.82) is 5.26 Å². The molecule has 0 radical (unpaired) electrons. The Morgan fingerprint density at radius 2 is 2.20 bits per heavy atom. The molecule has 0 aliphatic carbocycles. The van der Waals surface area contributed by atoms with E-state index in [-0.39, 0.29) is 17.9 Å². The number of nitriles is 1. The van der Waals surface area contributed by atoms with Gasteiger partial charge in [-0.1, -0.05) is 0 Å². The molecule has 76 valence electrons. The van der Waals surface area contributed by atoms with E-state index >= 15 is 0 Å². The van der Waals surface area contributed by atoms with E-state index in [1.165, 1.54) is 12.1 Å². The molecule has 1 aromatic rings. The standard InChI is InChI=1S/C10H6F2N2O/c11-10(12,5-13)7-1-2-8-6(3-7)4-9(15)14-8/h1-3H,4H2,(H,14,15). The molecule has 0 bridgehead atoms. The van der Waals surface area contributed by atoms with E-state index in [4.69, 9.17) is 5.26 Å². The van der Waals surface area contributed by atoms with Crippen LogP contribution in [0.3, 0.4) is 0 Å². The molecule has 0 fully saturated rings. The molecule has 0 atom stereocenters. The van der Waals surface area contributed by atoms with Gasteiger partial charge in [0.05, 0.1) is 6.42 Å². The SMILES string of the molecule is N#CC(F)(F)c1ccc2c(c1)CC(=O)N2. The Kier molecular flexibility index (Phi) is 1.93. The summed E-state index contributed by atoms with van der Waals surface area (Å²) in [5, 5.41) is 10.8. The van der Waals surface area contributed by atoms with Crippen LogP contribution in [0, 0.1) is 11.3 Å². The van der Waals surface area contributed by atoms with E-state index in [2.05, 4.69) is 5.32 Å². The highest BCUT2D eigenvalue weighted by Gasteiger charge is 2.32. The molecule has 2 rings (SSSR count). The zero-order chi connectivity index (χ0) is 11.1. The summed E-state index contributed by atoms with van der Waals surface area (Å²) in [6.45, 7) is 0. The Balaban J connectivity index is 2.45. The van der Waals surface area contributed by atoms with Gasteiger partial charge in [0.15, 0.2) is 0 Å². The lowest BCUT2D eigenvalue weighted by Gasteiger charge is -2.08. The minimum atomic E-state index is -3.50. The van der Waals surface area contributed by atoms with Crippen LogP contribution < -0.4 is 5.32 Å². The molecule has 1 N–H and O–H groups in total. The number of alkyl halides is 2. The lowest BCUT2D eigenvalue weighted by Crippen LogP contribution is -2.09. The van der Waals surface area contributed by atoms with E-state index < -0.39 is 5.92 Å². The van der Waals surface area contributed by atoms with Crippen molar-refractivity contribution >= 4 is 11.6 Å². The van der Waals surface area contributed by atoms with E-state index in [0.717, 1.165) is 12.1 Å². The van der Waals surface area contributed by atoms with Crippen molar-refractivity contribution in [3.05, 3.63) is 29.3 Å². The van der Waals surface area contributed by atoms with E-state index in [1.807, 2.05) is 0 Å². The molecule has 0 saturated carbocycles. The average molecular weight is 208 g/mol. The van der Waals surface area contributed by atoms with E-state index in [9.17, 15) is 13.6 Å². The number of amides is 1. The van der Waals surface area contributed by atoms with Crippen molar-refractivity contribution in [3.63, 3.8) is 0 Å². The van der Waals surface area contributed by atoms with Gasteiger partial charge in [-0.3, -0.25) is 4.79 Å². The molecule has 0 saturated heterocycles. The molecule has 1 aromatic carbocycles. The van der Waals surface area contributed by atoms with Crippen molar-refractivity contribution < 1.29 is 13.6 Å². The maximum Gasteiger partial charge on any atom is 0.357 e. The quantitative estimate of drug-likeness (QED) is 0.764. The van der Waals surface area contributed by atoms with Gasteiger partial charge in [0.25, 0.3) is 0 Å². The first kappa shape index (κ1) is 9.59. The normalized spacial score (nSPS) is 14.3. The predicted molar refractivity (Wildman–Crippen MR) is 48.3 cm³/mol. The third kappa shape index (κ3) is 1.54. The van der Waals surface area contributed by atoms with E-state index in [1.54, 1.807) is 0 Å². The van der Waals surface area contributed by atoms with Crippen LogP contribution in [-0.2, 0) is 17.1 Å². The number of carbonyl (C=O) groups is 1. The highest BCUT2D eigenvalue weighted by Crippen LogP contribution is 2.32. The number of fused-ring (bicyclic) bond motifs is 1. The number of anilines is 1. The lowest BCUT2D eigenvalue weighted by molar-refractivity contribution is -0.115. The van der Waals surface area contributed by atoms with Gasteiger partial charge in [-0.05, 0) is 23.8 Å². The Morgan fingerprint density at radius 1 is 1.47 bits per heavy atom. The molecule has 5 heteroatoms. The third-order valence-corrected chi connectivity index (χ3v) is 2.23. The topological polar surface area (TPSA) is 52.9 Å². The van der Waals surface area contributed by atoms with Gasteiger partial charge in [0.1, 0.15) is 6.07 Å². The molecule has 1 aliphatic heterocycles. The summed E-state index contributed by atoms with van der Waals surface area (Å²) in [6.07, 6.45) is 0.0880. The Morgan fingerprint density at radius 3 is 2.87 bits per heavy atom. The number of nitrogens with zero attached hydrogens (tertiary/aromatic N) is 1. The summed E-state index contributed by atoms with van der Waals surface area (Å²) in [4.78, 5) is 11.0. The van der Waals surface area contributed by atoms with Crippen LogP contribution in [0.5, 0.6) is 0 Å². The van der Waals surface area contributed by atoms with Gasteiger partial charge in [-0.15, -0.1) is 0 Å². The van der Waals surface area contributed by atoms with Crippen LogP contribution in [0.15, 0.2) is 18.2 Å². The summed E-state index contributed by atoms with van der Waals surface area (Å²) >= 11 is 0. The van der Waals surface area contributed by atoms with E-state index in [0.29, 0.717) is 11.3 Å². The molecule has 0 spiro atoms. The van der Waals surface area contributed by atoms with Crippen molar-refractivity contribution in [1.82, 2.24) is 0 Å². The Hall–Kier alpha value is -1.96. The molecule has 0 unspecified atom stereocenters. The number of halogens is 2. The molecule has 1 heterocycles. The minimum absolute atomic E-state index is 0.0880. The van der Waals surface area contributed by atoms with Gasteiger partial charge in [-0.2, -0.15) is 14.0 Å². The predicted octanol–water partition coefficient (Wildman–Crippen LogP) is 1.80. The van der Waals surface area contributed by atoms with Gasteiger partial charge >= 0.3 is 5.92 Å². The van der Waals surface area contributed by atoms with Crippen LogP contribution in [0.4, 0.5) is 14.5 Å². The number of benzene rings is 1. The lowest BCUT2D eigenvalue weighted by atomic mass is 10.0. The first-order valence-electron chi connectivity index (χ1n) is 4.25. The first-order valence-corrected chi connectivity index (χ1v) is 4.25. The Labute approximate surface area is 84.3 Å². The molecule has 3 nitrogen and oxygen atoms in total. The number of hydrogen-bond acceptors (Lipinski definition) is 2. The minimum Gasteiger partial charge on any atom is -0.326 e. The van der Waals surface area contributed by atoms with Crippen molar-refractivity contribution in [2.75, 3.05) is 5.32 Å². The summed E-state index contributed by atoms with van der Waals surface area (Å²) in [7, 11) is 0. The van der Waals surface area contributed by atoms with Gasteiger partial charge in [0, 0.05) is 11.3 Å². The maximum atomic E-state index is 13.0. The molecule has 1 amide bonds. The largest absolute Gasteiger partial charge is 0.357 e. The van der Waals surface area contributed by atoms with Crippen LogP contribution in [0.2, 0.25) is 0 Å². The third-order valence-electron chi connectivity index (χ3n) is 2.23. The van der Waals surface area contributed by atoms with Gasteiger partial charge in [-0.25, -0.2) is 0 Å². The fourth-order valence-corrected chi connectivity index (χ4v) is 1.49. The average Bonchev–Trinajstić information content (AvgIpc) is 2.56. The van der Waals surface area contributed by atoms with Crippen LogP contribution in [0.25, 0.3) is 0 Å². The first-order chi connectivity index (χ1) is 7.03. The number of nitrogens with one attached hydrogen (secondary N) is 1. The fraction of sp³-hybridized carbons (Fsp3) is 0.200. The second kappa shape index (κ2) is 3.02. The zero-order valence-electron chi connectivity index (χ0n) is 7.55. The summed E-state index contributed by atoms with van der Waals surface area (Å²) in [5.41, 5.74) is 0.671. The van der Waals surface area contributed by atoms with Gasteiger partial charge in [0.2, 0.25) is 5.91 Å². The maximum absolute atomic E-state index is 13.0. The zero-order valence-corrected chi connectivity index (χ0v) is 7.55. The number of hydrogen-bond donors (Lipinski definition) is 1. The van der Waals surface area contributed by atoms with Crippen molar-refractivity contribution in [2.45, 2.75) is 12.3 Å². The number of carbonyl (C=O) groups excluding carboxylic acids is 1. The molecule has 15 heavy (non-hydrogen) atoms. The molecule has 0 aromatic heterocycles. The monoisotopic (exact) mass is 208 g/mol. The molecular weight excluding hydrogens is 202 g/mol. The van der Waals surface area contributed by atoms with Crippen molar-refractivity contribution in [3.8, 4) is 6.07 Å². The smallest absolute Gasteiger partial charge is 0.326 e. The highest BCUT2D eigenvalue weighted by molar-refractivity contribution is 5.99.